The highest BCUT2D eigenvalue weighted by Gasteiger charge is 2.31. The van der Waals surface area contributed by atoms with Gasteiger partial charge in [-0.1, -0.05) is 33.3 Å². The molecule has 0 amide bonds. The molecule has 0 saturated heterocycles. The summed E-state index contributed by atoms with van der Waals surface area (Å²) in [5.74, 6) is 0.991. The predicted molar refractivity (Wildman–Crippen MR) is 83.0 cm³/mol. The van der Waals surface area contributed by atoms with E-state index in [2.05, 4.69) is 26.1 Å². The van der Waals surface area contributed by atoms with Gasteiger partial charge in [-0.05, 0) is 43.6 Å². The minimum atomic E-state index is -0.519. The van der Waals surface area contributed by atoms with Gasteiger partial charge in [-0.15, -0.1) is 0 Å². The molecule has 1 N–H and O–H groups in total. The second-order valence-electron chi connectivity index (χ2n) is 6.99. The lowest BCUT2D eigenvalue weighted by atomic mass is 9.73. The summed E-state index contributed by atoms with van der Waals surface area (Å²) in [6, 6.07) is 4.17. The van der Waals surface area contributed by atoms with Crippen molar-refractivity contribution in [2.45, 2.75) is 59.0 Å². The highest BCUT2D eigenvalue weighted by atomic mass is 19.1. The number of hydrogen-bond acceptors (Lipinski definition) is 1. The first-order valence-electron chi connectivity index (χ1n) is 8.09. The second-order valence-corrected chi connectivity index (χ2v) is 6.99. The van der Waals surface area contributed by atoms with E-state index >= 15 is 0 Å². The van der Waals surface area contributed by atoms with Gasteiger partial charge >= 0.3 is 0 Å². The van der Waals surface area contributed by atoms with Gasteiger partial charge in [-0.2, -0.15) is 0 Å². The van der Waals surface area contributed by atoms with E-state index in [1.165, 1.54) is 18.9 Å². The molecular weight excluding hydrogens is 268 g/mol. The van der Waals surface area contributed by atoms with Crippen molar-refractivity contribution in [2.75, 3.05) is 0 Å². The van der Waals surface area contributed by atoms with Crippen LogP contribution in [0.3, 0.4) is 0 Å². The molecule has 21 heavy (non-hydrogen) atoms. The number of nitrogens with one attached hydrogen (secondary N) is 1. The van der Waals surface area contributed by atoms with Gasteiger partial charge in [0.15, 0.2) is 0 Å². The fraction of sp³-hybridized carbons (Fsp3) is 0.667. The van der Waals surface area contributed by atoms with Gasteiger partial charge in [0.1, 0.15) is 11.6 Å². The van der Waals surface area contributed by atoms with Crippen molar-refractivity contribution in [1.82, 2.24) is 5.32 Å². The van der Waals surface area contributed by atoms with E-state index in [4.69, 9.17) is 0 Å². The molecule has 0 radical (unpaired) electrons. The van der Waals surface area contributed by atoms with Crippen LogP contribution in [0, 0.1) is 29.4 Å². The van der Waals surface area contributed by atoms with E-state index < -0.39 is 11.6 Å². The molecule has 1 saturated carbocycles. The molecule has 2 rings (SSSR count). The summed E-state index contributed by atoms with van der Waals surface area (Å²) in [5.41, 5.74) is 0.553. The largest absolute Gasteiger partial charge is 0.307 e. The Morgan fingerprint density at radius 1 is 1.14 bits per heavy atom. The zero-order valence-corrected chi connectivity index (χ0v) is 13.5. The molecule has 1 aliphatic carbocycles. The van der Waals surface area contributed by atoms with Crippen LogP contribution in [0.4, 0.5) is 8.78 Å². The summed E-state index contributed by atoms with van der Waals surface area (Å²) in [7, 11) is 0. The van der Waals surface area contributed by atoms with Crippen LogP contribution in [-0.2, 0) is 0 Å². The maximum absolute atomic E-state index is 13.9. The number of benzene rings is 1. The smallest absolute Gasteiger partial charge is 0.130 e. The van der Waals surface area contributed by atoms with Crippen molar-refractivity contribution >= 4 is 0 Å². The zero-order valence-electron chi connectivity index (χ0n) is 13.5. The molecule has 0 aliphatic heterocycles. The van der Waals surface area contributed by atoms with Gasteiger partial charge in [0.05, 0.1) is 0 Å². The van der Waals surface area contributed by atoms with Crippen molar-refractivity contribution < 1.29 is 8.78 Å². The van der Waals surface area contributed by atoms with Crippen LogP contribution in [0.15, 0.2) is 18.2 Å². The Hall–Kier alpha value is -0.960. The Balaban J connectivity index is 2.10. The molecule has 4 unspecified atom stereocenters. The van der Waals surface area contributed by atoms with Gasteiger partial charge in [0, 0.05) is 23.7 Å². The molecule has 1 aliphatic rings. The summed E-state index contributed by atoms with van der Waals surface area (Å²) in [6.45, 7) is 8.78. The summed E-state index contributed by atoms with van der Waals surface area (Å²) in [4.78, 5) is 0. The first-order chi connectivity index (χ1) is 9.88. The topological polar surface area (TPSA) is 12.0 Å². The molecule has 3 heteroatoms. The predicted octanol–water partition coefficient (Wildman–Crippen LogP) is 5.08. The Morgan fingerprint density at radius 2 is 1.86 bits per heavy atom. The number of hydrogen-bond donors (Lipinski definition) is 1. The maximum atomic E-state index is 13.9. The van der Waals surface area contributed by atoms with Crippen molar-refractivity contribution in [2.24, 2.45) is 17.8 Å². The van der Waals surface area contributed by atoms with E-state index in [0.29, 0.717) is 29.4 Å². The first kappa shape index (κ1) is 16.4. The van der Waals surface area contributed by atoms with Crippen molar-refractivity contribution in [3.8, 4) is 0 Å². The Morgan fingerprint density at radius 3 is 2.48 bits per heavy atom. The van der Waals surface area contributed by atoms with E-state index in [9.17, 15) is 8.78 Å². The molecule has 0 aromatic heterocycles. The average molecular weight is 295 g/mol. The summed E-state index contributed by atoms with van der Waals surface area (Å²) in [6.07, 6.45) is 3.64. The van der Waals surface area contributed by atoms with Crippen molar-refractivity contribution in [3.05, 3.63) is 35.4 Å². The lowest BCUT2D eigenvalue weighted by Gasteiger charge is -2.39. The van der Waals surface area contributed by atoms with Crippen molar-refractivity contribution in [1.29, 1.82) is 0 Å². The number of rotatable bonds is 4. The normalized spacial score (nSPS) is 27.9. The first-order valence-corrected chi connectivity index (χ1v) is 8.09. The Bertz CT molecular complexity index is 472. The highest BCUT2D eigenvalue weighted by Crippen LogP contribution is 2.34. The molecule has 1 aromatic rings. The quantitative estimate of drug-likeness (QED) is 0.817. The second kappa shape index (κ2) is 6.87. The summed E-state index contributed by atoms with van der Waals surface area (Å²) >= 11 is 0. The van der Waals surface area contributed by atoms with Crippen LogP contribution >= 0.6 is 0 Å². The van der Waals surface area contributed by atoms with Gasteiger partial charge in [0.25, 0.3) is 0 Å². The van der Waals surface area contributed by atoms with Crippen LogP contribution < -0.4 is 5.32 Å². The summed E-state index contributed by atoms with van der Waals surface area (Å²) in [5, 5.41) is 3.59. The van der Waals surface area contributed by atoms with Gasteiger partial charge < -0.3 is 5.32 Å². The standard InChI is InChI=1S/C18H27F2N/c1-11(2)15-7-5-12(3)9-18(15)21-13(4)16-8-6-14(19)10-17(16)20/h6,8,10-13,15,18,21H,5,7,9H2,1-4H3. The van der Waals surface area contributed by atoms with Gasteiger partial charge in [0.2, 0.25) is 0 Å². The number of halogens is 2. The van der Waals surface area contributed by atoms with Gasteiger partial charge in [-0.25, -0.2) is 8.78 Å². The molecule has 0 bridgehead atoms. The van der Waals surface area contributed by atoms with Crippen LogP contribution in [0.1, 0.15) is 58.6 Å². The monoisotopic (exact) mass is 295 g/mol. The SMILES string of the molecule is CC1CCC(C(C)C)C(NC(C)c2ccc(F)cc2F)C1. The van der Waals surface area contributed by atoms with E-state index in [0.717, 1.165) is 12.5 Å². The zero-order chi connectivity index (χ0) is 15.6. The summed E-state index contributed by atoms with van der Waals surface area (Å²) < 4.78 is 26.9. The molecule has 0 heterocycles. The Kier molecular flexibility index (Phi) is 5.37. The fourth-order valence-corrected chi connectivity index (χ4v) is 3.66. The third-order valence-corrected chi connectivity index (χ3v) is 4.92. The fourth-order valence-electron chi connectivity index (χ4n) is 3.66. The molecular formula is C18H27F2N. The third-order valence-electron chi connectivity index (χ3n) is 4.92. The lowest BCUT2D eigenvalue weighted by Crippen LogP contribution is -2.44. The molecule has 0 spiro atoms. The lowest BCUT2D eigenvalue weighted by molar-refractivity contribution is 0.160. The van der Waals surface area contributed by atoms with Crippen LogP contribution in [0.2, 0.25) is 0 Å². The van der Waals surface area contributed by atoms with Gasteiger partial charge in [-0.3, -0.25) is 0 Å². The van der Waals surface area contributed by atoms with E-state index in [1.54, 1.807) is 6.07 Å². The molecule has 4 atom stereocenters. The van der Waals surface area contributed by atoms with Crippen molar-refractivity contribution in [3.63, 3.8) is 0 Å². The Labute approximate surface area is 127 Å². The minimum Gasteiger partial charge on any atom is -0.307 e. The van der Waals surface area contributed by atoms with E-state index in [1.807, 2.05) is 6.92 Å². The maximum Gasteiger partial charge on any atom is 0.130 e. The van der Waals surface area contributed by atoms with Crippen LogP contribution in [-0.4, -0.2) is 6.04 Å². The van der Waals surface area contributed by atoms with E-state index in [-0.39, 0.29) is 6.04 Å². The minimum absolute atomic E-state index is 0.0952. The third kappa shape index (κ3) is 4.03. The average Bonchev–Trinajstić information content (AvgIpc) is 2.37. The molecule has 1 fully saturated rings. The molecule has 1 aromatic carbocycles. The molecule has 118 valence electrons. The van der Waals surface area contributed by atoms with Crippen LogP contribution in [0.5, 0.6) is 0 Å². The highest BCUT2D eigenvalue weighted by molar-refractivity contribution is 5.21. The van der Waals surface area contributed by atoms with Crippen LogP contribution in [0.25, 0.3) is 0 Å². The molecule has 1 nitrogen and oxygen atoms in total.